The number of rotatable bonds is 2. The number of hydrogen-bond acceptors (Lipinski definition) is 4. The van der Waals surface area contributed by atoms with Crippen molar-refractivity contribution >= 4 is 23.2 Å². The Morgan fingerprint density at radius 1 is 1.47 bits per heavy atom. The zero-order chi connectivity index (χ0) is 12.3. The molecule has 1 aliphatic rings. The zero-order valence-electron chi connectivity index (χ0n) is 9.36. The van der Waals surface area contributed by atoms with E-state index < -0.39 is 0 Å². The minimum atomic E-state index is -0.292. The van der Waals surface area contributed by atoms with Gasteiger partial charge in [-0.05, 0) is 18.6 Å². The second-order valence-corrected chi connectivity index (χ2v) is 3.74. The van der Waals surface area contributed by atoms with Crippen LogP contribution in [0.3, 0.4) is 0 Å². The number of nitrogens with one attached hydrogen (secondary N) is 2. The molecule has 0 saturated heterocycles. The first-order valence-electron chi connectivity index (χ1n) is 5.24. The lowest BCUT2D eigenvalue weighted by atomic mass is 10.1. The van der Waals surface area contributed by atoms with Gasteiger partial charge in [-0.3, -0.25) is 14.6 Å². The van der Waals surface area contributed by atoms with E-state index in [0.717, 1.165) is 5.56 Å². The molecule has 0 unspecified atom stereocenters. The molecule has 0 aliphatic carbocycles. The Balaban J connectivity index is 2.07. The number of carbonyl (C=O) groups excluding carboxylic acids is 2. The quantitative estimate of drug-likeness (QED) is 0.783. The van der Waals surface area contributed by atoms with Gasteiger partial charge in [0, 0.05) is 30.9 Å². The van der Waals surface area contributed by atoms with Crippen LogP contribution in [0.4, 0.5) is 5.69 Å². The summed E-state index contributed by atoms with van der Waals surface area (Å²) in [5.41, 5.74) is 4.20. The highest BCUT2D eigenvalue weighted by Crippen LogP contribution is 2.12. The zero-order valence-corrected chi connectivity index (χ0v) is 9.36. The largest absolute Gasteiger partial charge is 0.321 e. The van der Waals surface area contributed by atoms with Gasteiger partial charge < -0.3 is 5.32 Å². The predicted molar refractivity (Wildman–Crippen MR) is 62.4 cm³/mol. The molecule has 0 aromatic carbocycles. The number of hydrazone groups is 1. The van der Waals surface area contributed by atoms with E-state index in [-0.39, 0.29) is 11.8 Å². The molecule has 1 aromatic rings. The van der Waals surface area contributed by atoms with Crippen LogP contribution in [0, 0.1) is 6.92 Å². The van der Waals surface area contributed by atoms with E-state index in [2.05, 4.69) is 20.8 Å². The molecule has 1 aliphatic heterocycles. The Labute approximate surface area is 98.1 Å². The summed E-state index contributed by atoms with van der Waals surface area (Å²) in [7, 11) is 0. The summed E-state index contributed by atoms with van der Waals surface area (Å²) >= 11 is 0. The van der Waals surface area contributed by atoms with E-state index >= 15 is 0 Å². The summed E-state index contributed by atoms with van der Waals surface area (Å²) in [5, 5.41) is 6.46. The molecule has 0 atom stereocenters. The van der Waals surface area contributed by atoms with Crippen molar-refractivity contribution in [3.63, 3.8) is 0 Å². The number of hydrogen-bond donors (Lipinski definition) is 2. The van der Waals surface area contributed by atoms with Crippen LogP contribution in [-0.2, 0) is 9.59 Å². The Morgan fingerprint density at radius 2 is 2.29 bits per heavy atom. The van der Waals surface area contributed by atoms with Gasteiger partial charge in [-0.2, -0.15) is 5.10 Å². The average molecular weight is 232 g/mol. The fourth-order valence-corrected chi connectivity index (χ4v) is 1.45. The molecular weight excluding hydrogens is 220 g/mol. The second-order valence-electron chi connectivity index (χ2n) is 3.74. The highest BCUT2D eigenvalue weighted by atomic mass is 16.2. The van der Waals surface area contributed by atoms with E-state index in [1.165, 1.54) is 0 Å². The number of aryl methyl sites for hydroxylation is 1. The van der Waals surface area contributed by atoms with Crippen molar-refractivity contribution in [3.8, 4) is 0 Å². The van der Waals surface area contributed by atoms with E-state index in [9.17, 15) is 9.59 Å². The number of nitrogens with zero attached hydrogens (tertiary/aromatic N) is 2. The van der Waals surface area contributed by atoms with Crippen LogP contribution in [0.5, 0.6) is 0 Å². The topological polar surface area (TPSA) is 83.4 Å². The number of pyridine rings is 1. The summed E-state index contributed by atoms with van der Waals surface area (Å²) in [6, 6.07) is 1.72. The maximum absolute atomic E-state index is 11.8. The van der Waals surface area contributed by atoms with Gasteiger partial charge in [-0.1, -0.05) is 0 Å². The molecule has 17 heavy (non-hydrogen) atoms. The average Bonchev–Trinajstić information content (AvgIpc) is 2.33. The molecule has 0 spiro atoms. The predicted octanol–water partition coefficient (Wildman–Crippen LogP) is 0.595. The third-order valence-electron chi connectivity index (χ3n) is 2.44. The lowest BCUT2D eigenvalue weighted by Crippen LogP contribution is -2.32. The van der Waals surface area contributed by atoms with Crippen molar-refractivity contribution in [1.82, 2.24) is 10.4 Å². The maximum atomic E-state index is 11.8. The Kier molecular flexibility index (Phi) is 3.13. The normalized spacial score (nSPS) is 14.9. The molecule has 88 valence electrons. The summed E-state index contributed by atoms with van der Waals surface area (Å²) in [5.74, 6) is -0.457. The van der Waals surface area contributed by atoms with Crippen LogP contribution < -0.4 is 10.7 Å². The van der Waals surface area contributed by atoms with Gasteiger partial charge in [-0.15, -0.1) is 0 Å². The van der Waals surface area contributed by atoms with E-state index in [1.807, 2.05) is 6.92 Å². The first kappa shape index (κ1) is 11.3. The van der Waals surface area contributed by atoms with Gasteiger partial charge in [0.05, 0.1) is 0 Å². The summed E-state index contributed by atoms with van der Waals surface area (Å²) in [6.45, 7) is 1.85. The lowest BCUT2D eigenvalue weighted by molar-refractivity contribution is -0.121. The summed E-state index contributed by atoms with van der Waals surface area (Å²) in [4.78, 5) is 26.6. The maximum Gasteiger partial charge on any atom is 0.271 e. The van der Waals surface area contributed by atoms with Gasteiger partial charge in [0.2, 0.25) is 5.91 Å². The number of anilines is 1. The smallest absolute Gasteiger partial charge is 0.271 e. The highest BCUT2D eigenvalue weighted by molar-refractivity contribution is 6.43. The summed E-state index contributed by atoms with van der Waals surface area (Å²) in [6.07, 6.45) is 3.93. The molecule has 1 aromatic heterocycles. The molecule has 2 heterocycles. The standard InChI is InChI=1S/C11H12N4O2/c1-7-6-12-5-4-8(7)13-11(17)9-2-3-10(16)15-14-9/h4-6H,2-3H2,1H3,(H,15,16)(H,12,13,17). The van der Waals surface area contributed by atoms with Crippen molar-refractivity contribution < 1.29 is 9.59 Å². The monoisotopic (exact) mass is 232 g/mol. The lowest BCUT2D eigenvalue weighted by Gasteiger charge is -2.12. The van der Waals surface area contributed by atoms with Gasteiger partial charge in [0.25, 0.3) is 5.91 Å². The van der Waals surface area contributed by atoms with Gasteiger partial charge in [-0.25, -0.2) is 5.43 Å². The van der Waals surface area contributed by atoms with Crippen LogP contribution in [0.2, 0.25) is 0 Å². The molecule has 0 saturated carbocycles. The van der Waals surface area contributed by atoms with Crippen LogP contribution in [-0.4, -0.2) is 22.5 Å². The van der Waals surface area contributed by atoms with Gasteiger partial charge in [0.15, 0.2) is 0 Å². The Morgan fingerprint density at radius 3 is 2.94 bits per heavy atom. The molecular formula is C11H12N4O2. The fraction of sp³-hybridized carbons (Fsp3) is 0.273. The number of carbonyl (C=O) groups is 2. The third-order valence-corrected chi connectivity index (χ3v) is 2.44. The van der Waals surface area contributed by atoms with Crippen molar-refractivity contribution in [1.29, 1.82) is 0 Å². The van der Waals surface area contributed by atoms with E-state index in [0.29, 0.717) is 24.2 Å². The highest BCUT2D eigenvalue weighted by Gasteiger charge is 2.18. The fourth-order valence-electron chi connectivity index (χ4n) is 1.45. The van der Waals surface area contributed by atoms with Crippen molar-refractivity contribution in [2.24, 2.45) is 5.10 Å². The van der Waals surface area contributed by atoms with Crippen molar-refractivity contribution in [2.45, 2.75) is 19.8 Å². The summed E-state index contributed by atoms with van der Waals surface area (Å²) < 4.78 is 0. The van der Waals surface area contributed by atoms with Crippen LogP contribution in [0.15, 0.2) is 23.6 Å². The van der Waals surface area contributed by atoms with E-state index in [1.54, 1.807) is 18.5 Å². The van der Waals surface area contributed by atoms with Crippen molar-refractivity contribution in [2.75, 3.05) is 5.32 Å². The van der Waals surface area contributed by atoms with Gasteiger partial charge >= 0.3 is 0 Å². The molecule has 6 nitrogen and oxygen atoms in total. The molecule has 0 fully saturated rings. The first-order valence-corrected chi connectivity index (χ1v) is 5.24. The molecule has 0 radical (unpaired) electrons. The van der Waals surface area contributed by atoms with Crippen molar-refractivity contribution in [3.05, 3.63) is 24.0 Å². The second kappa shape index (κ2) is 4.73. The number of amides is 2. The number of aromatic nitrogens is 1. The Hall–Kier alpha value is -2.24. The van der Waals surface area contributed by atoms with Crippen LogP contribution in [0.1, 0.15) is 18.4 Å². The van der Waals surface area contributed by atoms with Crippen LogP contribution in [0.25, 0.3) is 0 Å². The minimum absolute atomic E-state index is 0.165. The Bertz CT molecular complexity index is 496. The minimum Gasteiger partial charge on any atom is -0.321 e. The molecule has 2 N–H and O–H groups in total. The third kappa shape index (κ3) is 2.66. The SMILES string of the molecule is Cc1cnccc1NC(=O)C1=NNC(=O)CC1. The van der Waals surface area contributed by atoms with Crippen LogP contribution >= 0.6 is 0 Å². The molecule has 2 rings (SSSR count). The van der Waals surface area contributed by atoms with E-state index in [4.69, 9.17) is 0 Å². The van der Waals surface area contributed by atoms with Gasteiger partial charge in [0.1, 0.15) is 5.71 Å². The molecule has 6 heteroatoms. The molecule has 2 amide bonds. The molecule has 0 bridgehead atoms. The first-order chi connectivity index (χ1) is 8.16.